The van der Waals surface area contributed by atoms with E-state index in [1.807, 2.05) is 0 Å². The average Bonchev–Trinajstić information content (AvgIpc) is 2.93. The third kappa shape index (κ3) is 4.70. The molecule has 0 aromatic heterocycles. The number of rotatable bonds is 12. The van der Waals surface area contributed by atoms with Crippen molar-refractivity contribution in [3.05, 3.63) is 35.4 Å². The van der Waals surface area contributed by atoms with Crippen LogP contribution < -0.4 is 5.73 Å². The van der Waals surface area contributed by atoms with Gasteiger partial charge in [0.25, 0.3) is 19.2 Å². The molecular weight excluding hydrogens is 383 g/mol. The average molecular weight is 412 g/mol. The van der Waals surface area contributed by atoms with Crippen LogP contribution in [0, 0.1) is 0 Å². The molecule has 0 saturated heterocycles. The van der Waals surface area contributed by atoms with E-state index in [0.29, 0.717) is 37.2 Å². The molecule has 0 fully saturated rings. The fraction of sp³-hybridized carbons (Fsp3) is 0.579. The van der Waals surface area contributed by atoms with Gasteiger partial charge in [-0.3, -0.25) is 19.1 Å². The zero-order valence-corrected chi connectivity index (χ0v) is 17.5. The lowest BCUT2D eigenvalue weighted by Crippen LogP contribution is -2.34. The zero-order chi connectivity index (χ0) is 20.7. The summed E-state index contributed by atoms with van der Waals surface area (Å²) in [6.45, 7) is 6.30. The van der Waals surface area contributed by atoms with Crippen molar-refractivity contribution in [3.8, 4) is 0 Å². The minimum Gasteiger partial charge on any atom is -0.345 e. The summed E-state index contributed by atoms with van der Waals surface area (Å²) >= 11 is 0. The van der Waals surface area contributed by atoms with Gasteiger partial charge < -0.3 is 19.7 Å². The summed E-state index contributed by atoms with van der Waals surface area (Å²) in [7, 11) is -3.46. The monoisotopic (exact) mass is 412 g/mol. The van der Waals surface area contributed by atoms with Crippen LogP contribution in [-0.4, -0.2) is 54.9 Å². The van der Waals surface area contributed by atoms with Gasteiger partial charge in [0.05, 0.1) is 23.5 Å². The van der Waals surface area contributed by atoms with E-state index >= 15 is 0 Å². The van der Waals surface area contributed by atoms with E-state index < -0.39 is 19.2 Å². The fourth-order valence-electron chi connectivity index (χ4n) is 3.14. The standard InChI is InChI=1S/C19H29N2O6P/c1-4-25-19(26-5-2)28(24,27-6-3)16(20)12-9-13-21-17(22)14-10-7-8-11-15(14)18(21)23/h7-8,10-11,16,19H,4-6,9,12-13,20H2,1-3H3/t16-,28?/m1/s1. The number of hydrogen-bond donors (Lipinski definition) is 1. The number of imide groups is 1. The summed E-state index contributed by atoms with van der Waals surface area (Å²) in [5, 5.41) is 0. The molecule has 2 N–H and O–H groups in total. The summed E-state index contributed by atoms with van der Waals surface area (Å²) in [6, 6.07) is 5.70. The van der Waals surface area contributed by atoms with Gasteiger partial charge >= 0.3 is 0 Å². The van der Waals surface area contributed by atoms with Gasteiger partial charge in [-0.05, 0) is 45.7 Å². The molecule has 8 nitrogen and oxygen atoms in total. The lowest BCUT2D eigenvalue weighted by Gasteiger charge is -2.31. The molecule has 1 aromatic carbocycles. The van der Waals surface area contributed by atoms with Gasteiger partial charge in [0, 0.05) is 19.8 Å². The smallest absolute Gasteiger partial charge is 0.273 e. The maximum atomic E-state index is 13.4. The van der Waals surface area contributed by atoms with Crippen LogP contribution >= 0.6 is 7.37 Å². The summed E-state index contributed by atoms with van der Waals surface area (Å²) in [6.07, 6.45) is 0.690. The first-order valence-corrected chi connectivity index (χ1v) is 11.3. The number of carbonyl (C=O) groups is 2. The molecule has 1 unspecified atom stereocenters. The van der Waals surface area contributed by atoms with Crippen LogP contribution in [0.15, 0.2) is 24.3 Å². The minimum atomic E-state index is -3.46. The summed E-state index contributed by atoms with van der Waals surface area (Å²) < 4.78 is 29.8. The van der Waals surface area contributed by atoms with Crippen molar-refractivity contribution in [2.45, 2.75) is 45.4 Å². The molecule has 0 spiro atoms. The number of ether oxygens (including phenoxy) is 2. The van der Waals surface area contributed by atoms with Crippen molar-refractivity contribution in [2.24, 2.45) is 5.73 Å². The van der Waals surface area contributed by atoms with Crippen LogP contribution in [0.1, 0.15) is 54.3 Å². The molecule has 0 bridgehead atoms. The summed E-state index contributed by atoms with van der Waals surface area (Å²) in [5.41, 5.74) is 7.02. The Bertz CT molecular complexity index is 700. The van der Waals surface area contributed by atoms with Gasteiger partial charge in [-0.2, -0.15) is 0 Å². The second kappa shape index (κ2) is 10.3. The highest BCUT2D eigenvalue weighted by Crippen LogP contribution is 2.56. The number of nitrogens with two attached hydrogens (primary N) is 1. The van der Waals surface area contributed by atoms with Crippen molar-refractivity contribution < 1.29 is 28.2 Å². The van der Waals surface area contributed by atoms with Crippen LogP contribution in [0.5, 0.6) is 0 Å². The number of amides is 2. The van der Waals surface area contributed by atoms with Gasteiger partial charge in [-0.15, -0.1) is 0 Å². The SMILES string of the molecule is CCOC(OCC)P(=O)(OCC)[C@@H](N)CCCN1C(=O)c2ccccc2C1=O. The summed E-state index contributed by atoms with van der Waals surface area (Å²) in [5.74, 6) is -1.46. The third-order valence-corrected chi connectivity index (χ3v) is 7.20. The first-order chi connectivity index (χ1) is 13.4. The van der Waals surface area contributed by atoms with Crippen molar-refractivity contribution in [1.29, 1.82) is 0 Å². The number of carbonyl (C=O) groups excluding carboxylic acids is 2. The molecule has 1 aromatic rings. The third-order valence-electron chi connectivity index (χ3n) is 4.47. The van der Waals surface area contributed by atoms with Crippen molar-refractivity contribution >= 4 is 19.2 Å². The molecule has 0 aliphatic carbocycles. The lowest BCUT2D eigenvalue weighted by molar-refractivity contribution is -0.0897. The second-order valence-electron chi connectivity index (χ2n) is 6.30. The predicted molar refractivity (Wildman–Crippen MR) is 105 cm³/mol. The van der Waals surface area contributed by atoms with Crippen LogP contribution in [0.3, 0.4) is 0 Å². The Labute approximate surface area is 165 Å². The van der Waals surface area contributed by atoms with E-state index in [0.717, 1.165) is 0 Å². The molecule has 2 atom stereocenters. The van der Waals surface area contributed by atoms with E-state index in [9.17, 15) is 14.2 Å². The van der Waals surface area contributed by atoms with Crippen molar-refractivity contribution in [1.82, 2.24) is 4.90 Å². The van der Waals surface area contributed by atoms with Gasteiger partial charge in [-0.25, -0.2) is 0 Å². The molecule has 2 amide bonds. The van der Waals surface area contributed by atoms with Crippen LogP contribution in [-0.2, 0) is 18.6 Å². The van der Waals surface area contributed by atoms with Gasteiger partial charge in [0.15, 0.2) is 0 Å². The van der Waals surface area contributed by atoms with Crippen LogP contribution in [0.2, 0.25) is 0 Å². The van der Waals surface area contributed by atoms with E-state index in [4.69, 9.17) is 19.7 Å². The maximum Gasteiger partial charge on any atom is 0.273 e. The first kappa shape index (κ1) is 22.7. The van der Waals surface area contributed by atoms with Crippen LogP contribution in [0.25, 0.3) is 0 Å². The normalized spacial score (nSPS) is 17.1. The number of nitrogens with zero attached hydrogens (tertiary/aromatic N) is 1. The highest BCUT2D eigenvalue weighted by molar-refractivity contribution is 7.60. The Morgan fingerprint density at radius 1 is 1.00 bits per heavy atom. The van der Waals surface area contributed by atoms with E-state index in [1.165, 1.54) is 4.90 Å². The lowest BCUT2D eigenvalue weighted by atomic mass is 10.1. The minimum absolute atomic E-state index is 0.195. The van der Waals surface area contributed by atoms with Crippen molar-refractivity contribution in [3.63, 3.8) is 0 Å². The van der Waals surface area contributed by atoms with Gasteiger partial charge in [0.1, 0.15) is 0 Å². The van der Waals surface area contributed by atoms with E-state index in [1.54, 1.807) is 45.0 Å². The Kier molecular flexibility index (Phi) is 8.34. The molecule has 1 heterocycles. The largest absolute Gasteiger partial charge is 0.345 e. The predicted octanol–water partition coefficient (Wildman–Crippen LogP) is 3.02. The molecule has 156 valence electrons. The molecular formula is C19H29N2O6P. The maximum absolute atomic E-state index is 13.4. The Morgan fingerprint density at radius 2 is 1.54 bits per heavy atom. The molecule has 1 aliphatic rings. The Balaban J connectivity index is 2.01. The van der Waals surface area contributed by atoms with Crippen molar-refractivity contribution in [2.75, 3.05) is 26.4 Å². The van der Waals surface area contributed by atoms with E-state index in [2.05, 4.69) is 0 Å². The topological polar surface area (TPSA) is 108 Å². The first-order valence-electron chi connectivity index (χ1n) is 9.58. The molecule has 2 rings (SSSR count). The van der Waals surface area contributed by atoms with Gasteiger partial charge in [-0.1, -0.05) is 12.1 Å². The quantitative estimate of drug-likeness (QED) is 0.319. The number of hydrogen-bond acceptors (Lipinski definition) is 7. The van der Waals surface area contributed by atoms with Crippen LogP contribution in [0.4, 0.5) is 0 Å². The highest BCUT2D eigenvalue weighted by Gasteiger charge is 2.42. The molecule has 28 heavy (non-hydrogen) atoms. The summed E-state index contributed by atoms with van der Waals surface area (Å²) in [4.78, 5) is 26.0. The number of fused-ring (bicyclic) bond motifs is 1. The molecule has 0 saturated carbocycles. The fourth-order valence-corrected chi connectivity index (χ4v) is 5.42. The molecule has 0 radical (unpaired) electrons. The Morgan fingerprint density at radius 3 is 2.00 bits per heavy atom. The van der Waals surface area contributed by atoms with Gasteiger partial charge in [0.2, 0.25) is 6.03 Å². The zero-order valence-electron chi connectivity index (χ0n) is 16.6. The highest BCUT2D eigenvalue weighted by atomic mass is 31.2. The number of benzene rings is 1. The van der Waals surface area contributed by atoms with E-state index in [-0.39, 0.29) is 25.0 Å². The Hall–Kier alpha value is -1.57. The molecule has 1 aliphatic heterocycles. The molecule has 9 heteroatoms. The second-order valence-corrected chi connectivity index (χ2v) is 8.93.